The Labute approximate surface area is 120 Å². The molecule has 2 N–H and O–H groups in total. The smallest absolute Gasteiger partial charge is 0.264 e. The Morgan fingerprint density at radius 2 is 2.05 bits per heavy atom. The van der Waals surface area contributed by atoms with Crippen molar-refractivity contribution in [2.45, 2.75) is 17.1 Å². The molecule has 0 spiro atoms. The van der Waals surface area contributed by atoms with E-state index in [0.717, 1.165) is 0 Å². The number of benzene rings is 1. The molecule has 8 heteroatoms. The highest BCUT2D eigenvalue weighted by Gasteiger charge is 2.40. The topological polar surface area (TPSA) is 109 Å². The van der Waals surface area contributed by atoms with Gasteiger partial charge in [0.1, 0.15) is 11.3 Å². The van der Waals surface area contributed by atoms with E-state index in [4.69, 9.17) is 0 Å². The summed E-state index contributed by atoms with van der Waals surface area (Å²) in [6.45, 7) is 1.47. The SMILES string of the molecule is CC1=NNC(=O)[C@@H]1S(=O)(=O)c1ccc(O)c2ncccc12. The van der Waals surface area contributed by atoms with E-state index in [1.165, 1.54) is 31.3 Å². The fourth-order valence-corrected chi connectivity index (χ4v) is 4.14. The van der Waals surface area contributed by atoms with Crippen LogP contribution in [0.15, 0.2) is 40.5 Å². The summed E-state index contributed by atoms with van der Waals surface area (Å²) in [5.41, 5.74) is 2.52. The molecule has 1 aliphatic rings. The highest BCUT2D eigenvalue weighted by atomic mass is 32.2. The quantitative estimate of drug-likeness (QED) is 0.844. The molecule has 108 valence electrons. The highest BCUT2D eigenvalue weighted by Crippen LogP contribution is 2.31. The molecule has 3 rings (SSSR count). The minimum Gasteiger partial charge on any atom is -0.506 e. The number of carbonyl (C=O) groups is 1. The van der Waals surface area contributed by atoms with Crippen molar-refractivity contribution in [3.8, 4) is 5.75 Å². The van der Waals surface area contributed by atoms with Crippen molar-refractivity contribution < 1.29 is 18.3 Å². The molecular formula is C13H11N3O4S. The zero-order valence-corrected chi connectivity index (χ0v) is 11.8. The molecule has 1 amide bonds. The van der Waals surface area contributed by atoms with Crippen LogP contribution in [0.25, 0.3) is 10.9 Å². The first kappa shape index (κ1) is 13.5. The van der Waals surface area contributed by atoms with Gasteiger partial charge in [0.05, 0.1) is 10.6 Å². The Bertz CT molecular complexity index is 889. The summed E-state index contributed by atoms with van der Waals surface area (Å²) >= 11 is 0. The summed E-state index contributed by atoms with van der Waals surface area (Å²) in [5.74, 6) is -0.802. The van der Waals surface area contributed by atoms with E-state index in [0.29, 0.717) is 0 Å². The van der Waals surface area contributed by atoms with Gasteiger partial charge in [-0.1, -0.05) is 0 Å². The number of hydrogen-bond acceptors (Lipinski definition) is 6. The first-order chi connectivity index (χ1) is 9.93. The van der Waals surface area contributed by atoms with Gasteiger partial charge in [0.2, 0.25) is 0 Å². The van der Waals surface area contributed by atoms with Gasteiger partial charge in [-0.3, -0.25) is 9.78 Å². The number of hydrazone groups is 1. The number of aromatic nitrogens is 1. The van der Waals surface area contributed by atoms with E-state index >= 15 is 0 Å². The average Bonchev–Trinajstić information content (AvgIpc) is 2.79. The molecule has 1 aromatic heterocycles. The molecule has 7 nitrogen and oxygen atoms in total. The molecule has 0 fully saturated rings. The van der Waals surface area contributed by atoms with Crippen molar-refractivity contribution in [2.24, 2.45) is 5.10 Å². The Morgan fingerprint density at radius 3 is 2.71 bits per heavy atom. The molecular weight excluding hydrogens is 294 g/mol. The van der Waals surface area contributed by atoms with Gasteiger partial charge in [0.25, 0.3) is 5.91 Å². The van der Waals surface area contributed by atoms with E-state index in [-0.39, 0.29) is 27.3 Å². The summed E-state index contributed by atoms with van der Waals surface area (Å²) in [5, 5.41) is 12.3. The predicted molar refractivity (Wildman–Crippen MR) is 75.6 cm³/mol. The number of sulfone groups is 1. The van der Waals surface area contributed by atoms with Crippen molar-refractivity contribution in [3.05, 3.63) is 30.5 Å². The number of pyridine rings is 1. The van der Waals surface area contributed by atoms with E-state index in [9.17, 15) is 18.3 Å². The van der Waals surface area contributed by atoms with Crippen molar-refractivity contribution >= 4 is 32.4 Å². The maximum Gasteiger partial charge on any atom is 0.264 e. The van der Waals surface area contributed by atoms with Crippen LogP contribution in [-0.2, 0) is 14.6 Å². The number of carbonyl (C=O) groups excluding carboxylic acids is 1. The van der Waals surface area contributed by atoms with Crippen LogP contribution in [0.2, 0.25) is 0 Å². The third-order valence-corrected chi connectivity index (χ3v) is 5.43. The monoisotopic (exact) mass is 305 g/mol. The summed E-state index contributed by atoms with van der Waals surface area (Å²) in [7, 11) is -3.97. The molecule has 1 atom stereocenters. The fraction of sp³-hybridized carbons (Fsp3) is 0.154. The van der Waals surface area contributed by atoms with Gasteiger partial charge in [-0.15, -0.1) is 0 Å². The van der Waals surface area contributed by atoms with Crippen LogP contribution in [0.3, 0.4) is 0 Å². The molecule has 21 heavy (non-hydrogen) atoms. The second kappa shape index (κ2) is 4.52. The molecule has 0 saturated carbocycles. The van der Waals surface area contributed by atoms with Gasteiger partial charge in [0, 0.05) is 11.6 Å². The summed E-state index contributed by atoms with van der Waals surface area (Å²) < 4.78 is 25.5. The van der Waals surface area contributed by atoms with Gasteiger partial charge in [-0.25, -0.2) is 13.8 Å². The van der Waals surface area contributed by atoms with Crippen LogP contribution in [0, 0.1) is 0 Å². The summed E-state index contributed by atoms with van der Waals surface area (Å²) in [4.78, 5) is 15.7. The molecule has 2 heterocycles. The Balaban J connectivity index is 2.28. The van der Waals surface area contributed by atoms with Crippen LogP contribution < -0.4 is 5.43 Å². The normalized spacial score (nSPS) is 18.6. The zero-order chi connectivity index (χ0) is 15.2. The zero-order valence-electron chi connectivity index (χ0n) is 10.9. The fourth-order valence-electron chi connectivity index (χ4n) is 2.32. The van der Waals surface area contributed by atoms with Crippen molar-refractivity contribution in [3.63, 3.8) is 0 Å². The second-order valence-corrected chi connectivity index (χ2v) is 6.64. The second-order valence-electron chi connectivity index (χ2n) is 4.64. The maximum absolute atomic E-state index is 12.7. The number of hydrogen-bond donors (Lipinski definition) is 2. The third-order valence-electron chi connectivity index (χ3n) is 3.29. The van der Waals surface area contributed by atoms with Gasteiger partial charge in [-0.2, -0.15) is 5.10 Å². The number of nitrogens with zero attached hydrogens (tertiary/aromatic N) is 2. The number of amides is 1. The molecule has 0 unspecified atom stereocenters. The predicted octanol–water partition coefficient (Wildman–Crippen LogP) is 0.588. The number of aromatic hydroxyl groups is 1. The van der Waals surface area contributed by atoms with Gasteiger partial charge < -0.3 is 5.11 Å². The van der Waals surface area contributed by atoms with E-state index in [1.54, 1.807) is 6.07 Å². The third kappa shape index (κ3) is 1.95. The van der Waals surface area contributed by atoms with E-state index < -0.39 is 21.0 Å². The van der Waals surface area contributed by atoms with Crippen LogP contribution in [0.1, 0.15) is 6.92 Å². The molecule has 1 aliphatic heterocycles. The van der Waals surface area contributed by atoms with Gasteiger partial charge >= 0.3 is 0 Å². The largest absolute Gasteiger partial charge is 0.506 e. The summed E-state index contributed by atoms with van der Waals surface area (Å²) in [6.07, 6.45) is 1.45. The number of phenols is 1. The van der Waals surface area contributed by atoms with Crippen LogP contribution in [0.5, 0.6) is 5.75 Å². The first-order valence-corrected chi connectivity index (χ1v) is 7.62. The van der Waals surface area contributed by atoms with Crippen molar-refractivity contribution in [2.75, 3.05) is 0 Å². The Kier molecular flexibility index (Phi) is 2.91. The number of nitrogens with one attached hydrogen (secondary N) is 1. The number of fused-ring (bicyclic) bond motifs is 1. The Morgan fingerprint density at radius 1 is 1.29 bits per heavy atom. The molecule has 0 radical (unpaired) electrons. The Hall–Kier alpha value is -2.48. The van der Waals surface area contributed by atoms with E-state index in [1.807, 2.05) is 0 Å². The molecule has 0 bridgehead atoms. The molecule has 1 aromatic carbocycles. The minimum atomic E-state index is -3.97. The van der Waals surface area contributed by atoms with Gasteiger partial charge in [-0.05, 0) is 31.2 Å². The minimum absolute atomic E-state index is 0.0556. The lowest BCUT2D eigenvalue weighted by Gasteiger charge is -2.12. The van der Waals surface area contributed by atoms with Crippen molar-refractivity contribution in [1.82, 2.24) is 10.4 Å². The van der Waals surface area contributed by atoms with E-state index in [2.05, 4.69) is 15.5 Å². The lowest BCUT2D eigenvalue weighted by molar-refractivity contribution is -0.118. The van der Waals surface area contributed by atoms with Crippen LogP contribution in [-0.4, -0.2) is 35.4 Å². The first-order valence-electron chi connectivity index (χ1n) is 6.07. The lowest BCUT2D eigenvalue weighted by atomic mass is 10.2. The van der Waals surface area contributed by atoms with Crippen LogP contribution in [0.4, 0.5) is 0 Å². The average molecular weight is 305 g/mol. The standard InChI is InChI=1S/C13H11N3O4S/c1-7-12(13(18)16-15-7)21(19,20)10-5-4-9(17)11-8(10)3-2-6-14-11/h2-6,12,17H,1H3,(H,16,18)/t12-/m1/s1. The molecule has 0 saturated heterocycles. The van der Waals surface area contributed by atoms with Gasteiger partial charge in [0.15, 0.2) is 15.1 Å². The van der Waals surface area contributed by atoms with Crippen molar-refractivity contribution in [1.29, 1.82) is 0 Å². The van der Waals surface area contributed by atoms with Crippen LogP contribution >= 0.6 is 0 Å². The molecule has 2 aromatic rings. The summed E-state index contributed by atoms with van der Waals surface area (Å²) in [6, 6.07) is 5.62. The lowest BCUT2D eigenvalue weighted by Crippen LogP contribution is -2.36. The number of rotatable bonds is 2. The molecule has 0 aliphatic carbocycles. The maximum atomic E-state index is 12.7. The number of phenolic OH excluding ortho intramolecular Hbond substituents is 1. The highest BCUT2D eigenvalue weighted by molar-refractivity contribution is 7.93.